The van der Waals surface area contributed by atoms with E-state index in [2.05, 4.69) is 39.9 Å². The Morgan fingerprint density at radius 3 is 1.71 bits per heavy atom. The maximum absolute atomic E-state index is 8.89. The maximum Gasteiger partial charge on any atom is 0.204 e. The molecule has 4 nitrogen and oxygen atoms in total. The Morgan fingerprint density at radius 1 is 1.29 bits per heavy atom. The number of carboxylic acids is 1. The van der Waals surface area contributed by atoms with Crippen molar-refractivity contribution in [3.63, 3.8) is 0 Å². The molecular weight excluding hydrogens is 180 g/mol. The van der Waals surface area contributed by atoms with Gasteiger partial charge in [0.15, 0.2) is 0 Å². The van der Waals surface area contributed by atoms with Gasteiger partial charge in [-0.1, -0.05) is 0 Å². The predicted molar refractivity (Wildman–Crippen MR) is 54.3 cm³/mol. The van der Waals surface area contributed by atoms with Gasteiger partial charge in [-0.15, -0.1) is 0 Å². The second-order valence-electron chi connectivity index (χ2n) is 3.77. The molecule has 0 amide bonds. The van der Waals surface area contributed by atoms with E-state index in [1.165, 1.54) is 17.2 Å². The summed E-state index contributed by atoms with van der Waals surface area (Å²) in [7, 11) is 4.31. The highest BCUT2D eigenvalue weighted by molar-refractivity contribution is 5.76. The summed E-state index contributed by atoms with van der Waals surface area (Å²) in [5.41, 5.74) is 2.51. The third kappa shape index (κ3) is 2.96. The van der Waals surface area contributed by atoms with Crippen LogP contribution < -0.4 is 5.11 Å². The van der Waals surface area contributed by atoms with Gasteiger partial charge in [0.2, 0.25) is 5.84 Å². The van der Waals surface area contributed by atoms with Crippen molar-refractivity contribution in [3.8, 4) is 0 Å². The molecule has 1 aliphatic heterocycles. The quantitative estimate of drug-likeness (QED) is 0.532. The molecule has 0 aromatic carbocycles. The van der Waals surface area contributed by atoms with Crippen molar-refractivity contribution < 1.29 is 14.4 Å². The molecule has 0 aromatic heterocycles. The van der Waals surface area contributed by atoms with Crippen LogP contribution in [0, 0.1) is 0 Å². The van der Waals surface area contributed by atoms with E-state index in [0.717, 1.165) is 11.4 Å². The number of nitrogens with zero attached hydrogens (tertiary/aromatic N) is 2. The van der Waals surface area contributed by atoms with Crippen molar-refractivity contribution in [2.45, 2.75) is 27.7 Å². The molecule has 0 saturated heterocycles. The van der Waals surface area contributed by atoms with E-state index in [0.29, 0.717) is 0 Å². The lowest BCUT2D eigenvalue weighted by Crippen LogP contribution is -2.39. The van der Waals surface area contributed by atoms with Gasteiger partial charge in [0.05, 0.1) is 19.8 Å². The summed E-state index contributed by atoms with van der Waals surface area (Å²) in [6.45, 7) is 7.24. The second-order valence-corrected chi connectivity index (χ2v) is 3.77. The third-order valence-electron chi connectivity index (χ3n) is 2.50. The summed E-state index contributed by atoms with van der Waals surface area (Å²) in [5, 5.41) is 8.89. The van der Waals surface area contributed by atoms with E-state index in [1.807, 2.05) is 0 Å². The van der Waals surface area contributed by atoms with Gasteiger partial charge in [-0.2, -0.15) is 4.99 Å². The molecule has 0 aromatic rings. The van der Waals surface area contributed by atoms with Crippen LogP contribution in [0.25, 0.3) is 0 Å². The third-order valence-corrected chi connectivity index (χ3v) is 2.50. The molecule has 1 heterocycles. The zero-order valence-corrected chi connectivity index (χ0v) is 9.71. The molecule has 0 radical (unpaired) electrons. The van der Waals surface area contributed by atoms with Gasteiger partial charge in [0.1, 0.15) is 5.70 Å². The zero-order chi connectivity index (χ0) is 11.5. The molecule has 14 heavy (non-hydrogen) atoms. The Morgan fingerprint density at radius 2 is 1.64 bits per heavy atom. The largest absolute Gasteiger partial charge is 0.550 e. The van der Waals surface area contributed by atoms with E-state index in [4.69, 9.17) is 9.90 Å². The lowest BCUT2D eigenvalue weighted by Gasteiger charge is -2.23. The Kier molecular flexibility index (Phi) is 4.01. The van der Waals surface area contributed by atoms with Gasteiger partial charge in [-0.25, -0.2) is 0 Å². The molecule has 0 N–H and O–H groups in total. The van der Waals surface area contributed by atoms with Crippen molar-refractivity contribution in [3.05, 3.63) is 11.4 Å². The molecule has 0 bridgehead atoms. The van der Waals surface area contributed by atoms with Crippen LogP contribution in [0.15, 0.2) is 16.4 Å². The van der Waals surface area contributed by atoms with Crippen LogP contribution >= 0.6 is 0 Å². The van der Waals surface area contributed by atoms with Crippen LogP contribution in [0.4, 0.5) is 0 Å². The van der Waals surface area contributed by atoms with Crippen molar-refractivity contribution >= 4 is 11.8 Å². The average Bonchev–Trinajstić information content (AvgIpc) is 2.14. The Balaban J connectivity index is 0.000000364. The summed E-state index contributed by atoms with van der Waals surface area (Å²) < 4.78 is 0.839. The molecule has 1 aliphatic rings. The first-order valence-electron chi connectivity index (χ1n) is 4.45. The van der Waals surface area contributed by atoms with Gasteiger partial charge in [0.25, 0.3) is 0 Å². The Bertz CT molecular complexity index is 297. The SMILES string of the molecule is CC(=O)[O-].CC1=NC(C)=C(C)[N+]1(C)C. The molecule has 0 spiro atoms. The Labute approximate surface area is 85.2 Å². The first-order chi connectivity index (χ1) is 6.19. The molecule has 0 atom stereocenters. The molecule has 4 heteroatoms. The normalized spacial score (nSPS) is 18.6. The summed E-state index contributed by atoms with van der Waals surface area (Å²) in [4.78, 5) is 13.3. The fraction of sp³-hybridized carbons (Fsp3) is 0.600. The number of amidine groups is 1. The summed E-state index contributed by atoms with van der Waals surface area (Å²) in [6, 6.07) is 0. The number of rotatable bonds is 0. The van der Waals surface area contributed by atoms with E-state index in [1.54, 1.807) is 0 Å². The molecule has 0 aliphatic carbocycles. The molecule has 0 saturated carbocycles. The van der Waals surface area contributed by atoms with Gasteiger partial charge >= 0.3 is 0 Å². The van der Waals surface area contributed by atoms with Crippen molar-refractivity contribution in [2.24, 2.45) is 4.99 Å². The van der Waals surface area contributed by atoms with Gasteiger partial charge in [-0.3, -0.25) is 4.48 Å². The fourth-order valence-corrected chi connectivity index (χ4v) is 1.10. The monoisotopic (exact) mass is 198 g/mol. The zero-order valence-electron chi connectivity index (χ0n) is 9.71. The standard InChI is InChI=1S/C8H15N2.C2H4O2/c1-6-7(2)10(4,5)8(3)9-6;1-2(3)4/h1-5H3;1H3,(H,3,4)/q+1;/p-1. The van der Waals surface area contributed by atoms with E-state index in [9.17, 15) is 0 Å². The van der Waals surface area contributed by atoms with Crippen LogP contribution in [0.1, 0.15) is 27.7 Å². The number of carbonyl (C=O) groups is 1. The average molecular weight is 198 g/mol. The van der Waals surface area contributed by atoms with Crippen LogP contribution in [-0.4, -0.2) is 30.4 Å². The first kappa shape index (κ1) is 12.8. The van der Waals surface area contributed by atoms with E-state index >= 15 is 0 Å². The van der Waals surface area contributed by atoms with E-state index < -0.39 is 5.97 Å². The van der Waals surface area contributed by atoms with Crippen molar-refractivity contribution in [1.82, 2.24) is 0 Å². The lowest BCUT2D eigenvalue weighted by atomic mass is 10.3. The minimum Gasteiger partial charge on any atom is -0.550 e. The highest BCUT2D eigenvalue weighted by Crippen LogP contribution is 2.23. The molecule has 1 rings (SSSR count). The molecule has 0 unspecified atom stereocenters. The number of aliphatic carboxylic acids is 1. The number of hydrogen-bond donors (Lipinski definition) is 0. The smallest absolute Gasteiger partial charge is 0.204 e. The number of allylic oxidation sites excluding steroid dienone is 2. The molecule has 80 valence electrons. The highest BCUT2D eigenvalue weighted by atomic mass is 16.4. The number of carboxylic acid groups (broad SMARTS) is 1. The first-order valence-corrected chi connectivity index (χ1v) is 4.45. The Hall–Kier alpha value is -1.16. The van der Waals surface area contributed by atoms with E-state index in [-0.39, 0.29) is 0 Å². The van der Waals surface area contributed by atoms with Crippen molar-refractivity contribution in [2.75, 3.05) is 14.1 Å². The molecular formula is C10H18N2O2. The van der Waals surface area contributed by atoms with Crippen LogP contribution in [-0.2, 0) is 4.79 Å². The summed E-state index contributed by atoms with van der Waals surface area (Å²) in [6.07, 6.45) is 0. The van der Waals surface area contributed by atoms with Crippen LogP contribution in [0.2, 0.25) is 0 Å². The maximum atomic E-state index is 8.89. The number of aliphatic imine (C=N–C) groups is 1. The number of hydrogen-bond acceptors (Lipinski definition) is 3. The fourth-order valence-electron chi connectivity index (χ4n) is 1.10. The second kappa shape index (κ2) is 4.37. The summed E-state index contributed by atoms with van der Waals surface area (Å²) in [5.74, 6) is 0.0926. The van der Waals surface area contributed by atoms with Gasteiger partial charge in [-0.05, 0) is 13.8 Å². The predicted octanol–water partition coefficient (Wildman–Crippen LogP) is 0.502. The van der Waals surface area contributed by atoms with Gasteiger partial charge in [0, 0.05) is 19.8 Å². The molecule has 0 fully saturated rings. The lowest BCUT2D eigenvalue weighted by molar-refractivity contribution is -0.755. The number of carbonyl (C=O) groups excluding carboxylic acids is 1. The van der Waals surface area contributed by atoms with Gasteiger partial charge < -0.3 is 9.90 Å². The van der Waals surface area contributed by atoms with Crippen LogP contribution in [0.5, 0.6) is 0 Å². The van der Waals surface area contributed by atoms with Crippen LogP contribution in [0.3, 0.4) is 0 Å². The topological polar surface area (TPSA) is 52.5 Å². The minimum absolute atomic E-state index is 0.839. The van der Waals surface area contributed by atoms with Crippen molar-refractivity contribution in [1.29, 1.82) is 0 Å². The highest BCUT2D eigenvalue weighted by Gasteiger charge is 2.30. The number of quaternary nitrogens is 1. The minimum atomic E-state index is -1.08. The summed E-state index contributed by atoms with van der Waals surface area (Å²) >= 11 is 0.